The van der Waals surface area contributed by atoms with Crippen LogP contribution in [-0.2, 0) is 9.53 Å². The predicted molar refractivity (Wildman–Crippen MR) is 47.1 cm³/mol. The van der Waals surface area contributed by atoms with Gasteiger partial charge in [0.15, 0.2) is 5.57 Å². The van der Waals surface area contributed by atoms with Crippen molar-refractivity contribution in [3.8, 4) is 6.07 Å². The molecule has 11 heavy (non-hydrogen) atoms. The second kappa shape index (κ2) is 5.22. The topological polar surface area (TPSA) is 50.1 Å². The van der Waals surface area contributed by atoms with E-state index < -0.39 is 5.97 Å². The SMILES string of the molecule is COC(=O)/C(C#N)=C(/Br)SC. The van der Waals surface area contributed by atoms with Crippen LogP contribution in [0.25, 0.3) is 0 Å². The average molecular weight is 236 g/mol. The fraction of sp³-hybridized carbons (Fsp3) is 0.333. The summed E-state index contributed by atoms with van der Waals surface area (Å²) in [6.07, 6.45) is 1.75. The Bertz CT molecular complexity index is 231. The molecule has 5 heteroatoms. The zero-order valence-corrected chi connectivity index (χ0v) is 8.45. The molecule has 0 saturated carbocycles. The van der Waals surface area contributed by atoms with E-state index in [0.29, 0.717) is 3.81 Å². The highest BCUT2D eigenvalue weighted by Crippen LogP contribution is 2.23. The number of carbonyl (C=O) groups is 1. The molecule has 60 valence electrons. The van der Waals surface area contributed by atoms with Gasteiger partial charge in [0.05, 0.1) is 10.9 Å². The smallest absolute Gasteiger partial charge is 0.350 e. The fourth-order valence-electron chi connectivity index (χ4n) is 0.374. The standard InChI is InChI=1S/C6H6BrNO2S/c1-10-6(9)4(3-8)5(7)11-2/h1-2H3/b5-4-. The molecule has 0 fully saturated rings. The van der Waals surface area contributed by atoms with Gasteiger partial charge >= 0.3 is 5.97 Å². The molecule has 0 radical (unpaired) electrons. The molecule has 0 amide bonds. The van der Waals surface area contributed by atoms with Crippen LogP contribution in [0.2, 0.25) is 0 Å². The first-order valence-electron chi connectivity index (χ1n) is 2.59. The van der Waals surface area contributed by atoms with Crippen LogP contribution in [0, 0.1) is 11.3 Å². The number of esters is 1. The van der Waals surface area contributed by atoms with E-state index in [9.17, 15) is 4.79 Å². The van der Waals surface area contributed by atoms with Gasteiger partial charge in [-0.3, -0.25) is 0 Å². The van der Waals surface area contributed by atoms with Gasteiger partial charge in [-0.15, -0.1) is 11.8 Å². The van der Waals surface area contributed by atoms with Gasteiger partial charge in [0.25, 0.3) is 0 Å². The van der Waals surface area contributed by atoms with E-state index in [4.69, 9.17) is 5.26 Å². The molecule has 0 spiro atoms. The van der Waals surface area contributed by atoms with Gasteiger partial charge in [-0.25, -0.2) is 4.79 Å². The number of carbonyl (C=O) groups excluding carboxylic acids is 1. The van der Waals surface area contributed by atoms with Crippen LogP contribution < -0.4 is 0 Å². The van der Waals surface area contributed by atoms with E-state index in [1.165, 1.54) is 18.9 Å². The number of thioether (sulfide) groups is 1. The number of methoxy groups -OCH3 is 1. The minimum absolute atomic E-state index is 0.000000000000000222. The molecule has 0 rings (SSSR count). The highest BCUT2D eigenvalue weighted by molar-refractivity contribution is 9.14. The molecular weight excluding hydrogens is 230 g/mol. The van der Waals surface area contributed by atoms with Crippen LogP contribution in [0.5, 0.6) is 0 Å². The minimum Gasteiger partial charge on any atom is -0.465 e. The Labute approximate surface area is 77.5 Å². The molecule has 0 aliphatic rings. The van der Waals surface area contributed by atoms with E-state index in [-0.39, 0.29) is 5.57 Å². The molecule has 0 aromatic carbocycles. The molecule has 0 unspecified atom stereocenters. The van der Waals surface area contributed by atoms with E-state index in [0.717, 1.165) is 0 Å². The third-order valence-corrected chi connectivity index (χ3v) is 2.81. The lowest BCUT2D eigenvalue weighted by Crippen LogP contribution is -2.03. The van der Waals surface area contributed by atoms with E-state index >= 15 is 0 Å². The quantitative estimate of drug-likeness (QED) is 0.415. The van der Waals surface area contributed by atoms with E-state index in [1.54, 1.807) is 12.3 Å². The summed E-state index contributed by atoms with van der Waals surface area (Å²) in [7, 11) is 1.24. The Morgan fingerprint density at radius 1 is 1.73 bits per heavy atom. The van der Waals surface area contributed by atoms with Gasteiger partial charge < -0.3 is 4.74 Å². The maximum Gasteiger partial charge on any atom is 0.350 e. The first-order valence-corrected chi connectivity index (χ1v) is 4.61. The van der Waals surface area contributed by atoms with Crippen molar-refractivity contribution in [1.29, 1.82) is 5.26 Å². The molecule has 0 aliphatic heterocycles. The number of hydrogen-bond acceptors (Lipinski definition) is 4. The minimum atomic E-state index is -0.617. The summed E-state index contributed by atoms with van der Waals surface area (Å²) in [6.45, 7) is 0. The van der Waals surface area contributed by atoms with Crippen LogP contribution in [0.3, 0.4) is 0 Å². The van der Waals surface area contributed by atoms with Gasteiger partial charge in [-0.2, -0.15) is 5.26 Å². The van der Waals surface area contributed by atoms with Crippen LogP contribution >= 0.6 is 27.7 Å². The van der Waals surface area contributed by atoms with Crippen molar-refractivity contribution >= 4 is 33.7 Å². The van der Waals surface area contributed by atoms with Crippen molar-refractivity contribution in [2.45, 2.75) is 0 Å². The van der Waals surface area contributed by atoms with Gasteiger partial charge in [-0.1, -0.05) is 0 Å². The summed E-state index contributed by atoms with van der Waals surface area (Å²) in [6, 6.07) is 1.74. The van der Waals surface area contributed by atoms with E-state index in [2.05, 4.69) is 20.7 Å². The normalized spacial score (nSPS) is 11.5. The average Bonchev–Trinajstić information content (AvgIpc) is 2.05. The van der Waals surface area contributed by atoms with Gasteiger partial charge in [0, 0.05) is 0 Å². The molecule has 0 aromatic rings. The van der Waals surface area contributed by atoms with Gasteiger partial charge in [0.1, 0.15) is 6.07 Å². The van der Waals surface area contributed by atoms with Crippen LogP contribution in [0.4, 0.5) is 0 Å². The largest absolute Gasteiger partial charge is 0.465 e. The molecule has 0 saturated heterocycles. The van der Waals surface area contributed by atoms with Crippen molar-refractivity contribution in [2.24, 2.45) is 0 Å². The molecule has 0 N–H and O–H groups in total. The highest BCUT2D eigenvalue weighted by Gasteiger charge is 2.12. The second-order valence-corrected chi connectivity index (χ2v) is 3.59. The lowest BCUT2D eigenvalue weighted by Gasteiger charge is -1.97. The summed E-state index contributed by atoms with van der Waals surface area (Å²) in [4.78, 5) is 10.8. The number of nitrogens with zero attached hydrogens (tertiary/aromatic N) is 1. The second-order valence-electron chi connectivity index (χ2n) is 1.46. The monoisotopic (exact) mass is 235 g/mol. The molecule has 0 aliphatic carbocycles. The first-order chi connectivity index (χ1) is 5.17. The number of ether oxygens (including phenoxy) is 1. The summed E-state index contributed by atoms with van der Waals surface area (Å²) in [5, 5.41) is 8.48. The summed E-state index contributed by atoms with van der Waals surface area (Å²) >= 11 is 4.34. The Balaban J connectivity index is 4.69. The highest BCUT2D eigenvalue weighted by atomic mass is 79.9. The Morgan fingerprint density at radius 2 is 2.27 bits per heavy atom. The number of hydrogen-bond donors (Lipinski definition) is 0. The summed E-state index contributed by atoms with van der Waals surface area (Å²) in [5.41, 5.74) is 0.000000000000000222. The molecule has 0 aromatic heterocycles. The van der Waals surface area contributed by atoms with Crippen LogP contribution in [0.1, 0.15) is 0 Å². The summed E-state index contributed by atoms with van der Waals surface area (Å²) < 4.78 is 4.86. The van der Waals surface area contributed by atoms with Gasteiger partial charge in [0.2, 0.25) is 0 Å². The van der Waals surface area contributed by atoms with Gasteiger partial charge in [-0.05, 0) is 22.2 Å². The zero-order valence-electron chi connectivity index (χ0n) is 6.05. The Hall–Kier alpha value is -0.470. The lowest BCUT2D eigenvalue weighted by atomic mass is 10.3. The van der Waals surface area contributed by atoms with E-state index in [1.807, 2.05) is 0 Å². The lowest BCUT2D eigenvalue weighted by molar-refractivity contribution is -0.135. The van der Waals surface area contributed by atoms with Crippen molar-refractivity contribution in [3.05, 3.63) is 9.39 Å². The number of rotatable bonds is 2. The maximum atomic E-state index is 10.8. The van der Waals surface area contributed by atoms with Crippen molar-refractivity contribution in [3.63, 3.8) is 0 Å². The van der Waals surface area contributed by atoms with Crippen LogP contribution in [0.15, 0.2) is 9.39 Å². The zero-order chi connectivity index (χ0) is 8.85. The third kappa shape index (κ3) is 2.95. The number of halogens is 1. The Kier molecular flexibility index (Phi) is 4.99. The van der Waals surface area contributed by atoms with Crippen molar-refractivity contribution < 1.29 is 9.53 Å². The predicted octanol–water partition coefficient (Wildman–Crippen LogP) is 1.65. The number of nitriles is 1. The fourth-order valence-corrected chi connectivity index (χ4v) is 0.958. The van der Waals surface area contributed by atoms with Crippen molar-refractivity contribution in [2.75, 3.05) is 13.4 Å². The molecule has 0 atom stereocenters. The van der Waals surface area contributed by atoms with Crippen molar-refractivity contribution in [1.82, 2.24) is 0 Å². The molecule has 0 heterocycles. The summed E-state index contributed by atoms with van der Waals surface area (Å²) in [5.74, 6) is -0.617. The third-order valence-electron chi connectivity index (χ3n) is 0.877. The Morgan fingerprint density at radius 3 is 2.55 bits per heavy atom. The molecular formula is C6H6BrNO2S. The maximum absolute atomic E-state index is 10.8. The van der Waals surface area contributed by atoms with Crippen LogP contribution in [-0.4, -0.2) is 19.3 Å². The first kappa shape index (κ1) is 10.5. The molecule has 0 bridgehead atoms. The molecule has 3 nitrogen and oxygen atoms in total.